The number of hydrogen-bond acceptors (Lipinski definition) is 0. The SMILES string of the molecule is CCC.c1ccc2c(c1)Cc1c-2cccc1C12CC3CC(CC(C3)C1)C2. The molecule has 0 amide bonds. The zero-order valence-electron chi connectivity index (χ0n) is 16.4. The van der Waals surface area contributed by atoms with Gasteiger partial charge in [0.1, 0.15) is 0 Å². The molecular formula is C26H32. The second-order valence-electron chi connectivity index (χ2n) is 9.57. The van der Waals surface area contributed by atoms with Crippen LogP contribution in [-0.4, -0.2) is 0 Å². The molecule has 0 atom stereocenters. The summed E-state index contributed by atoms with van der Waals surface area (Å²) in [5, 5.41) is 0. The van der Waals surface area contributed by atoms with Gasteiger partial charge in [0.15, 0.2) is 0 Å². The van der Waals surface area contributed by atoms with Crippen molar-refractivity contribution in [3.05, 3.63) is 59.2 Å². The quantitative estimate of drug-likeness (QED) is 0.440. The molecule has 4 fully saturated rings. The molecule has 0 heterocycles. The van der Waals surface area contributed by atoms with Gasteiger partial charge in [-0.1, -0.05) is 62.7 Å². The zero-order chi connectivity index (χ0) is 17.7. The summed E-state index contributed by atoms with van der Waals surface area (Å²) in [6.45, 7) is 4.25. The van der Waals surface area contributed by atoms with Crippen LogP contribution in [0, 0.1) is 17.8 Å². The molecule has 0 nitrogen and oxygen atoms in total. The molecule has 0 heteroatoms. The van der Waals surface area contributed by atoms with Gasteiger partial charge < -0.3 is 0 Å². The smallest absolute Gasteiger partial charge is 0.00105 e. The Balaban J connectivity index is 0.000000471. The monoisotopic (exact) mass is 344 g/mol. The lowest BCUT2D eigenvalue weighted by Crippen LogP contribution is -2.48. The summed E-state index contributed by atoms with van der Waals surface area (Å²) in [4.78, 5) is 0. The normalized spacial score (nSPS) is 32.6. The first-order chi connectivity index (χ1) is 12.7. The first-order valence-electron chi connectivity index (χ1n) is 10.9. The van der Waals surface area contributed by atoms with Crippen molar-refractivity contribution in [3.63, 3.8) is 0 Å². The Kier molecular flexibility index (Phi) is 3.99. The second kappa shape index (κ2) is 6.25. The molecule has 5 aliphatic rings. The van der Waals surface area contributed by atoms with Crippen LogP contribution in [0.1, 0.15) is 75.5 Å². The molecule has 0 aromatic heterocycles. The van der Waals surface area contributed by atoms with Crippen molar-refractivity contribution < 1.29 is 0 Å². The molecule has 136 valence electrons. The molecule has 0 unspecified atom stereocenters. The Bertz CT molecular complexity index is 777. The molecule has 4 bridgehead atoms. The minimum absolute atomic E-state index is 0.530. The van der Waals surface area contributed by atoms with Crippen LogP contribution in [0.3, 0.4) is 0 Å². The van der Waals surface area contributed by atoms with Gasteiger partial charge in [-0.15, -0.1) is 0 Å². The van der Waals surface area contributed by atoms with Crippen molar-refractivity contribution in [2.45, 2.75) is 70.6 Å². The molecule has 2 aromatic rings. The lowest BCUT2D eigenvalue weighted by molar-refractivity contribution is -0.00549. The predicted octanol–water partition coefficient (Wildman–Crippen LogP) is 7.14. The topological polar surface area (TPSA) is 0 Å². The van der Waals surface area contributed by atoms with Gasteiger partial charge in [-0.25, -0.2) is 0 Å². The van der Waals surface area contributed by atoms with E-state index in [4.69, 9.17) is 0 Å². The maximum Gasteiger partial charge on any atom is -0.00105 e. The lowest BCUT2D eigenvalue weighted by atomic mass is 9.47. The van der Waals surface area contributed by atoms with E-state index in [-0.39, 0.29) is 0 Å². The van der Waals surface area contributed by atoms with Crippen LogP contribution in [-0.2, 0) is 11.8 Å². The average Bonchev–Trinajstić information content (AvgIpc) is 3.00. The fourth-order valence-electron chi connectivity index (χ4n) is 7.09. The summed E-state index contributed by atoms with van der Waals surface area (Å²) >= 11 is 0. The Morgan fingerprint density at radius 1 is 0.769 bits per heavy atom. The number of fused-ring (bicyclic) bond motifs is 3. The third-order valence-corrected chi connectivity index (χ3v) is 7.46. The van der Waals surface area contributed by atoms with Crippen molar-refractivity contribution >= 4 is 0 Å². The van der Waals surface area contributed by atoms with E-state index in [1.54, 1.807) is 16.7 Å². The van der Waals surface area contributed by atoms with E-state index in [0.29, 0.717) is 5.41 Å². The molecule has 0 N–H and O–H groups in total. The van der Waals surface area contributed by atoms with Crippen LogP contribution in [0.5, 0.6) is 0 Å². The predicted molar refractivity (Wildman–Crippen MR) is 110 cm³/mol. The molecule has 4 saturated carbocycles. The Morgan fingerprint density at radius 2 is 1.35 bits per heavy atom. The van der Waals surface area contributed by atoms with Gasteiger partial charge in [-0.05, 0) is 95.9 Å². The van der Waals surface area contributed by atoms with E-state index in [2.05, 4.69) is 56.3 Å². The van der Waals surface area contributed by atoms with E-state index >= 15 is 0 Å². The van der Waals surface area contributed by atoms with Crippen molar-refractivity contribution in [3.8, 4) is 11.1 Å². The number of benzene rings is 2. The Labute approximate surface area is 159 Å². The minimum Gasteiger partial charge on any atom is -0.0656 e. The summed E-state index contributed by atoms with van der Waals surface area (Å²) in [6, 6.07) is 16.3. The van der Waals surface area contributed by atoms with Gasteiger partial charge in [0.2, 0.25) is 0 Å². The molecule has 7 rings (SSSR count). The van der Waals surface area contributed by atoms with Crippen molar-refractivity contribution in [1.29, 1.82) is 0 Å². The summed E-state index contributed by atoms with van der Waals surface area (Å²) in [5.41, 5.74) is 8.52. The van der Waals surface area contributed by atoms with Gasteiger partial charge in [0.25, 0.3) is 0 Å². The van der Waals surface area contributed by atoms with Gasteiger partial charge >= 0.3 is 0 Å². The fourth-order valence-corrected chi connectivity index (χ4v) is 7.09. The Hall–Kier alpha value is -1.56. The molecule has 5 aliphatic carbocycles. The van der Waals surface area contributed by atoms with Crippen molar-refractivity contribution in [2.24, 2.45) is 17.8 Å². The van der Waals surface area contributed by atoms with E-state index in [1.165, 1.54) is 62.5 Å². The van der Waals surface area contributed by atoms with Gasteiger partial charge in [0.05, 0.1) is 0 Å². The first kappa shape index (κ1) is 16.6. The maximum absolute atomic E-state index is 2.50. The summed E-state index contributed by atoms with van der Waals surface area (Å²) in [5.74, 6) is 3.09. The van der Waals surface area contributed by atoms with Crippen LogP contribution in [0.25, 0.3) is 11.1 Å². The van der Waals surface area contributed by atoms with E-state index < -0.39 is 0 Å². The summed E-state index contributed by atoms with van der Waals surface area (Å²) < 4.78 is 0. The van der Waals surface area contributed by atoms with Gasteiger partial charge in [-0.3, -0.25) is 0 Å². The van der Waals surface area contributed by atoms with Crippen LogP contribution in [0.4, 0.5) is 0 Å². The fraction of sp³-hybridized carbons (Fsp3) is 0.538. The van der Waals surface area contributed by atoms with Gasteiger partial charge in [0, 0.05) is 0 Å². The first-order valence-corrected chi connectivity index (χ1v) is 10.9. The van der Waals surface area contributed by atoms with Crippen LogP contribution >= 0.6 is 0 Å². The molecule has 0 aliphatic heterocycles. The molecule has 26 heavy (non-hydrogen) atoms. The maximum atomic E-state index is 2.50. The third-order valence-electron chi connectivity index (χ3n) is 7.46. The molecule has 0 radical (unpaired) electrons. The zero-order valence-corrected chi connectivity index (χ0v) is 16.4. The van der Waals surface area contributed by atoms with E-state index in [9.17, 15) is 0 Å². The van der Waals surface area contributed by atoms with Crippen LogP contribution in [0.15, 0.2) is 42.5 Å². The van der Waals surface area contributed by atoms with Crippen molar-refractivity contribution in [2.75, 3.05) is 0 Å². The van der Waals surface area contributed by atoms with Crippen molar-refractivity contribution in [1.82, 2.24) is 0 Å². The Morgan fingerprint density at radius 3 is 2.00 bits per heavy atom. The summed E-state index contributed by atoms with van der Waals surface area (Å²) in [6.07, 6.45) is 11.5. The molecule has 0 saturated heterocycles. The molecule has 2 aromatic carbocycles. The average molecular weight is 345 g/mol. The summed E-state index contributed by atoms with van der Waals surface area (Å²) in [7, 11) is 0. The van der Waals surface area contributed by atoms with Gasteiger partial charge in [-0.2, -0.15) is 0 Å². The highest BCUT2D eigenvalue weighted by Crippen LogP contribution is 2.62. The van der Waals surface area contributed by atoms with Crippen LogP contribution in [0.2, 0.25) is 0 Å². The van der Waals surface area contributed by atoms with E-state index in [0.717, 1.165) is 17.8 Å². The largest absolute Gasteiger partial charge is 0.0656 e. The van der Waals surface area contributed by atoms with Crippen LogP contribution < -0.4 is 0 Å². The number of rotatable bonds is 1. The minimum atomic E-state index is 0.530. The third kappa shape index (κ3) is 2.48. The molecular weight excluding hydrogens is 312 g/mol. The highest BCUT2D eigenvalue weighted by molar-refractivity contribution is 5.78. The lowest BCUT2D eigenvalue weighted by Gasteiger charge is -2.57. The highest BCUT2D eigenvalue weighted by Gasteiger charge is 2.52. The standard InChI is InChI=1S/C23H24.C3H8/c1-2-5-19-18(4-1)11-21-20(19)6-3-7-22(21)23-12-15-8-16(13-23)10-17(9-15)14-23;1-3-2/h1-7,15-17H,8-14H2;3H2,1-2H3. The van der Waals surface area contributed by atoms with E-state index in [1.807, 2.05) is 0 Å². The molecule has 0 spiro atoms. The number of hydrogen-bond donors (Lipinski definition) is 0. The highest BCUT2D eigenvalue weighted by atomic mass is 14.6. The second-order valence-corrected chi connectivity index (χ2v) is 9.57.